The smallest absolute Gasteiger partial charge is 0.274 e. The molecule has 1 aliphatic heterocycles. The van der Waals surface area contributed by atoms with Crippen molar-refractivity contribution in [3.8, 4) is 0 Å². The molecule has 3 aromatic rings. The molecular formula is C28H32F2N6O. The summed E-state index contributed by atoms with van der Waals surface area (Å²) in [5.74, 6) is -0.0390. The second kappa shape index (κ2) is 8.97. The number of pyridine rings is 1. The van der Waals surface area contributed by atoms with Crippen LogP contribution < -0.4 is 5.32 Å². The molecule has 1 spiro atoms. The number of aromatic nitrogens is 4. The monoisotopic (exact) mass is 506 g/mol. The molecule has 1 amide bonds. The Hall–Kier alpha value is -3.20. The highest BCUT2D eigenvalue weighted by Gasteiger charge is 2.47. The van der Waals surface area contributed by atoms with Gasteiger partial charge >= 0.3 is 0 Å². The molecule has 7 nitrogen and oxygen atoms in total. The SMILES string of the molecule is Cn1cnnc1[C@@H](F)[C@@](C)(F)c1cccc(NC(=O)c2cc(CN3CCC4(CC4)C3)cc(C3CC3)n2)c1. The quantitative estimate of drug-likeness (QED) is 0.453. The summed E-state index contributed by atoms with van der Waals surface area (Å²) in [6.45, 7) is 4.22. The molecule has 2 atom stereocenters. The van der Waals surface area contributed by atoms with E-state index < -0.39 is 11.8 Å². The molecule has 1 aromatic carbocycles. The van der Waals surface area contributed by atoms with Crippen molar-refractivity contribution in [2.45, 2.75) is 63.3 Å². The van der Waals surface area contributed by atoms with Crippen LogP contribution >= 0.6 is 0 Å². The molecular weight excluding hydrogens is 474 g/mol. The Balaban J connectivity index is 1.20. The van der Waals surface area contributed by atoms with Crippen LogP contribution in [0.4, 0.5) is 14.5 Å². The number of anilines is 1. The Morgan fingerprint density at radius 2 is 2.05 bits per heavy atom. The number of benzene rings is 1. The number of alkyl halides is 2. The Labute approximate surface area is 215 Å². The molecule has 1 saturated heterocycles. The van der Waals surface area contributed by atoms with Gasteiger partial charge in [-0.1, -0.05) is 12.1 Å². The van der Waals surface area contributed by atoms with E-state index in [1.54, 1.807) is 19.2 Å². The van der Waals surface area contributed by atoms with Crippen molar-refractivity contribution < 1.29 is 13.6 Å². The summed E-state index contributed by atoms with van der Waals surface area (Å²) >= 11 is 0. The van der Waals surface area contributed by atoms with Crippen molar-refractivity contribution in [2.24, 2.45) is 12.5 Å². The Morgan fingerprint density at radius 3 is 2.73 bits per heavy atom. The lowest BCUT2D eigenvalue weighted by molar-refractivity contribution is 0.0564. The van der Waals surface area contributed by atoms with E-state index in [1.165, 1.54) is 49.2 Å². The summed E-state index contributed by atoms with van der Waals surface area (Å²) in [6, 6.07) is 10.3. The predicted molar refractivity (Wildman–Crippen MR) is 135 cm³/mol. The van der Waals surface area contributed by atoms with E-state index in [2.05, 4.69) is 31.5 Å². The van der Waals surface area contributed by atoms with Gasteiger partial charge in [0.15, 0.2) is 17.7 Å². The maximum Gasteiger partial charge on any atom is 0.274 e. The third kappa shape index (κ3) is 4.89. The van der Waals surface area contributed by atoms with Gasteiger partial charge in [-0.2, -0.15) is 0 Å². The Kier molecular flexibility index (Phi) is 5.86. The summed E-state index contributed by atoms with van der Waals surface area (Å²) in [5, 5.41) is 10.2. The van der Waals surface area contributed by atoms with E-state index in [1.807, 2.05) is 6.07 Å². The number of aryl methyl sites for hydroxylation is 1. The number of likely N-dealkylation sites (tertiary alicyclic amines) is 1. The van der Waals surface area contributed by atoms with E-state index in [0.717, 1.165) is 43.7 Å². The van der Waals surface area contributed by atoms with Gasteiger partial charge in [-0.25, -0.2) is 13.8 Å². The first-order valence-corrected chi connectivity index (χ1v) is 13.0. The molecule has 3 heterocycles. The molecule has 2 saturated carbocycles. The first-order chi connectivity index (χ1) is 17.7. The molecule has 3 fully saturated rings. The van der Waals surface area contributed by atoms with Crippen LogP contribution in [-0.2, 0) is 19.3 Å². The highest BCUT2D eigenvalue weighted by Crippen LogP contribution is 2.53. The average Bonchev–Trinajstić information content (AvgIpc) is 3.78. The molecule has 0 radical (unpaired) electrons. The summed E-state index contributed by atoms with van der Waals surface area (Å²) in [7, 11) is 1.57. The van der Waals surface area contributed by atoms with Gasteiger partial charge in [0.2, 0.25) is 0 Å². The van der Waals surface area contributed by atoms with Gasteiger partial charge in [-0.3, -0.25) is 9.69 Å². The number of nitrogens with zero attached hydrogens (tertiary/aromatic N) is 5. The molecule has 37 heavy (non-hydrogen) atoms. The largest absolute Gasteiger partial charge is 0.321 e. The summed E-state index contributed by atoms with van der Waals surface area (Å²) in [6.07, 6.45) is 5.43. The number of hydrogen-bond acceptors (Lipinski definition) is 5. The van der Waals surface area contributed by atoms with E-state index >= 15 is 8.78 Å². The van der Waals surface area contributed by atoms with Crippen molar-refractivity contribution >= 4 is 11.6 Å². The topological polar surface area (TPSA) is 75.9 Å². The fourth-order valence-electron chi connectivity index (χ4n) is 5.42. The maximum absolute atomic E-state index is 15.7. The zero-order valence-corrected chi connectivity index (χ0v) is 21.3. The van der Waals surface area contributed by atoms with Crippen LogP contribution in [0.2, 0.25) is 0 Å². The molecule has 0 bridgehead atoms. The van der Waals surface area contributed by atoms with Crippen LogP contribution in [0.5, 0.6) is 0 Å². The van der Waals surface area contributed by atoms with Gasteiger partial charge < -0.3 is 9.88 Å². The van der Waals surface area contributed by atoms with Crippen LogP contribution in [0, 0.1) is 5.41 Å². The number of hydrogen-bond donors (Lipinski definition) is 1. The standard InChI is InChI=1S/C28H32F2N6O/c1-27(30,24(29)25-34-31-17-35(25)2)20-4-3-5-21(14-20)32-26(37)23-13-18(12-22(33-23)19-6-7-19)15-36-11-10-28(16-36)8-9-28/h3-5,12-14,17,19,24H,6-11,15-16H2,1-2H3,(H,32,37)/t24-,27+/m1/s1. The predicted octanol–water partition coefficient (Wildman–Crippen LogP) is 5.22. The first kappa shape index (κ1) is 24.2. The lowest BCUT2D eigenvalue weighted by Gasteiger charge is -2.25. The number of carbonyl (C=O) groups excluding carboxylic acids is 1. The fraction of sp³-hybridized carbons (Fsp3) is 0.500. The van der Waals surface area contributed by atoms with E-state index in [9.17, 15) is 4.79 Å². The van der Waals surface area contributed by atoms with Gasteiger partial charge in [-0.05, 0) is 86.4 Å². The summed E-state index contributed by atoms with van der Waals surface area (Å²) < 4.78 is 32.2. The minimum atomic E-state index is -2.37. The minimum absolute atomic E-state index is 0.0985. The fourth-order valence-corrected chi connectivity index (χ4v) is 5.42. The number of carbonyl (C=O) groups is 1. The molecule has 2 aromatic heterocycles. The zero-order valence-electron chi connectivity index (χ0n) is 21.3. The molecule has 0 unspecified atom stereocenters. The van der Waals surface area contributed by atoms with Crippen molar-refractivity contribution in [1.82, 2.24) is 24.6 Å². The van der Waals surface area contributed by atoms with Gasteiger partial charge in [0.1, 0.15) is 12.0 Å². The molecule has 3 aliphatic rings. The van der Waals surface area contributed by atoms with Crippen molar-refractivity contribution in [3.63, 3.8) is 0 Å². The van der Waals surface area contributed by atoms with E-state index in [4.69, 9.17) is 0 Å². The Bertz CT molecular complexity index is 1330. The molecule has 194 valence electrons. The lowest BCUT2D eigenvalue weighted by atomic mass is 9.92. The van der Waals surface area contributed by atoms with Gasteiger partial charge in [-0.15, -0.1) is 10.2 Å². The molecule has 1 N–H and O–H groups in total. The van der Waals surface area contributed by atoms with E-state index in [-0.39, 0.29) is 17.3 Å². The van der Waals surface area contributed by atoms with Crippen molar-refractivity contribution in [3.05, 3.63) is 71.1 Å². The van der Waals surface area contributed by atoms with Crippen molar-refractivity contribution in [2.75, 3.05) is 18.4 Å². The van der Waals surface area contributed by atoms with Crippen LogP contribution in [0.1, 0.15) is 84.3 Å². The van der Waals surface area contributed by atoms with Gasteiger partial charge in [0.05, 0.1) is 0 Å². The van der Waals surface area contributed by atoms with Crippen LogP contribution in [0.25, 0.3) is 0 Å². The number of rotatable bonds is 8. The number of nitrogens with one attached hydrogen (secondary N) is 1. The summed E-state index contributed by atoms with van der Waals surface area (Å²) in [4.78, 5) is 20.4. The van der Waals surface area contributed by atoms with Crippen molar-refractivity contribution in [1.29, 1.82) is 0 Å². The maximum atomic E-state index is 15.7. The van der Waals surface area contributed by atoms with Crippen LogP contribution in [0.3, 0.4) is 0 Å². The zero-order chi connectivity index (χ0) is 25.8. The lowest BCUT2D eigenvalue weighted by Crippen LogP contribution is -2.25. The van der Waals surface area contributed by atoms with Gasteiger partial charge in [0.25, 0.3) is 5.91 Å². The minimum Gasteiger partial charge on any atom is -0.321 e. The normalized spacial score (nSPS) is 21.1. The third-order valence-electron chi connectivity index (χ3n) is 8.15. The third-order valence-corrected chi connectivity index (χ3v) is 8.15. The highest BCUT2D eigenvalue weighted by atomic mass is 19.2. The van der Waals surface area contributed by atoms with Crippen LogP contribution in [0.15, 0.2) is 42.7 Å². The summed E-state index contributed by atoms with van der Waals surface area (Å²) in [5.41, 5.74) is 1.10. The molecule has 2 aliphatic carbocycles. The second-order valence-corrected chi connectivity index (χ2v) is 11.3. The molecule has 9 heteroatoms. The van der Waals surface area contributed by atoms with Gasteiger partial charge in [0, 0.05) is 37.4 Å². The van der Waals surface area contributed by atoms with E-state index in [0.29, 0.717) is 22.7 Å². The highest BCUT2D eigenvalue weighted by molar-refractivity contribution is 6.03. The van der Waals surface area contributed by atoms with Crippen LogP contribution in [-0.4, -0.2) is 43.6 Å². The average molecular weight is 507 g/mol. The number of halogens is 2. The first-order valence-electron chi connectivity index (χ1n) is 13.0. The Morgan fingerprint density at radius 1 is 1.24 bits per heavy atom. The molecule has 6 rings (SSSR count). The second-order valence-electron chi connectivity index (χ2n) is 11.3. The number of amides is 1.